The van der Waals surface area contributed by atoms with Crippen molar-refractivity contribution < 1.29 is 13.2 Å². The van der Waals surface area contributed by atoms with Crippen molar-refractivity contribution in [3.05, 3.63) is 23.8 Å². The smallest absolute Gasteiger partial charge is 0.241 e. The fourth-order valence-electron chi connectivity index (χ4n) is 2.12. The molecular weight excluding hydrogens is 302 g/mol. The van der Waals surface area contributed by atoms with Crippen molar-refractivity contribution >= 4 is 34.0 Å². The minimum Gasteiger partial charge on any atom is -0.325 e. The lowest BCUT2D eigenvalue weighted by atomic mass is 10.2. The topological polar surface area (TPSA) is 101 Å². The number of amides is 1. The first-order valence-electron chi connectivity index (χ1n) is 6.05. The average Bonchev–Trinajstić information content (AvgIpc) is 2.83. The molecule has 1 aliphatic rings. The van der Waals surface area contributed by atoms with Crippen LogP contribution in [0.1, 0.15) is 18.4 Å². The van der Waals surface area contributed by atoms with Crippen molar-refractivity contribution in [2.45, 2.75) is 30.7 Å². The van der Waals surface area contributed by atoms with Gasteiger partial charge in [-0.1, -0.05) is 6.07 Å². The first-order valence-corrected chi connectivity index (χ1v) is 7.60. The normalized spacial score (nSPS) is 18.4. The van der Waals surface area contributed by atoms with Crippen LogP contribution in [0.2, 0.25) is 0 Å². The number of primary sulfonamides is 1. The quantitative estimate of drug-likeness (QED) is 0.765. The number of nitrogens with two attached hydrogens (primary N) is 1. The highest BCUT2D eigenvalue weighted by Gasteiger charge is 2.22. The lowest BCUT2D eigenvalue weighted by Gasteiger charge is -2.12. The molecule has 0 aliphatic carbocycles. The number of hydrogen-bond acceptors (Lipinski definition) is 4. The van der Waals surface area contributed by atoms with E-state index in [2.05, 4.69) is 10.6 Å². The van der Waals surface area contributed by atoms with Gasteiger partial charge in [0, 0.05) is 5.69 Å². The summed E-state index contributed by atoms with van der Waals surface area (Å²) < 4.78 is 22.8. The van der Waals surface area contributed by atoms with E-state index in [1.807, 2.05) is 0 Å². The van der Waals surface area contributed by atoms with Gasteiger partial charge in [-0.2, -0.15) is 0 Å². The molecule has 8 heteroatoms. The van der Waals surface area contributed by atoms with Gasteiger partial charge in [-0.25, -0.2) is 13.6 Å². The molecule has 1 atom stereocenters. The molecule has 0 aromatic heterocycles. The third kappa shape index (κ3) is 3.92. The minimum absolute atomic E-state index is 0. The molecule has 0 radical (unpaired) electrons. The van der Waals surface area contributed by atoms with E-state index in [-0.39, 0.29) is 29.3 Å². The zero-order valence-electron chi connectivity index (χ0n) is 11.0. The lowest BCUT2D eigenvalue weighted by molar-refractivity contribution is -0.117. The Hall–Kier alpha value is -1.15. The molecule has 0 bridgehead atoms. The van der Waals surface area contributed by atoms with E-state index in [1.165, 1.54) is 6.07 Å². The SMILES string of the molecule is Cc1ccc(NC(=O)[C@@H]2CCCN2)cc1S(N)(=O)=O.Cl. The summed E-state index contributed by atoms with van der Waals surface area (Å²) in [7, 11) is -3.78. The van der Waals surface area contributed by atoms with Crippen molar-refractivity contribution in [3.63, 3.8) is 0 Å². The fraction of sp³-hybridized carbons (Fsp3) is 0.417. The maximum atomic E-state index is 11.9. The van der Waals surface area contributed by atoms with Gasteiger partial charge in [0.25, 0.3) is 0 Å². The maximum absolute atomic E-state index is 11.9. The van der Waals surface area contributed by atoms with Gasteiger partial charge in [0.05, 0.1) is 10.9 Å². The van der Waals surface area contributed by atoms with Crippen LogP contribution in [0.25, 0.3) is 0 Å². The van der Waals surface area contributed by atoms with Gasteiger partial charge in [-0.05, 0) is 44.0 Å². The molecule has 4 N–H and O–H groups in total. The fourth-order valence-corrected chi connectivity index (χ4v) is 2.93. The van der Waals surface area contributed by atoms with E-state index in [9.17, 15) is 13.2 Å². The molecule has 1 heterocycles. The van der Waals surface area contributed by atoms with Crippen LogP contribution >= 0.6 is 12.4 Å². The molecule has 0 saturated carbocycles. The second-order valence-electron chi connectivity index (χ2n) is 4.66. The molecule has 1 aromatic carbocycles. The van der Waals surface area contributed by atoms with Crippen LogP contribution in [-0.4, -0.2) is 26.9 Å². The number of benzene rings is 1. The van der Waals surface area contributed by atoms with Crippen molar-refractivity contribution in [1.82, 2.24) is 5.32 Å². The van der Waals surface area contributed by atoms with Crippen LogP contribution in [-0.2, 0) is 14.8 Å². The summed E-state index contributed by atoms with van der Waals surface area (Å²) >= 11 is 0. The predicted octanol–water partition coefficient (Wildman–Crippen LogP) is 0.755. The maximum Gasteiger partial charge on any atom is 0.241 e. The highest BCUT2D eigenvalue weighted by molar-refractivity contribution is 7.89. The summed E-state index contributed by atoms with van der Waals surface area (Å²) in [6, 6.07) is 4.46. The second kappa shape index (κ2) is 6.53. The number of carbonyl (C=O) groups excluding carboxylic acids is 1. The highest BCUT2D eigenvalue weighted by atomic mass is 35.5. The van der Waals surface area contributed by atoms with E-state index in [4.69, 9.17) is 5.14 Å². The molecule has 112 valence electrons. The van der Waals surface area contributed by atoms with Crippen molar-refractivity contribution in [2.24, 2.45) is 5.14 Å². The van der Waals surface area contributed by atoms with Gasteiger partial charge in [0.1, 0.15) is 0 Å². The first kappa shape index (κ1) is 16.9. The number of carbonyl (C=O) groups is 1. The molecule has 1 aromatic rings. The van der Waals surface area contributed by atoms with Crippen LogP contribution in [0, 0.1) is 6.92 Å². The Balaban J connectivity index is 0.00000200. The summed E-state index contributed by atoms with van der Waals surface area (Å²) in [5.41, 5.74) is 0.993. The molecule has 1 aliphatic heterocycles. The Bertz CT molecular complexity index is 598. The zero-order chi connectivity index (χ0) is 14.0. The summed E-state index contributed by atoms with van der Waals surface area (Å²) in [6.07, 6.45) is 1.76. The standard InChI is InChI=1S/C12H17N3O3S.ClH/c1-8-4-5-9(7-11(8)19(13,17)18)15-12(16)10-3-2-6-14-10;/h4-5,7,10,14H,2-3,6H2,1H3,(H,15,16)(H2,13,17,18);1H/t10-;/m0./s1. The largest absolute Gasteiger partial charge is 0.325 e. The van der Waals surface area contributed by atoms with E-state index < -0.39 is 10.0 Å². The number of hydrogen-bond donors (Lipinski definition) is 3. The summed E-state index contributed by atoms with van der Waals surface area (Å²) in [5, 5.41) is 10.9. The molecule has 20 heavy (non-hydrogen) atoms. The predicted molar refractivity (Wildman–Crippen MR) is 79.5 cm³/mol. The third-order valence-corrected chi connectivity index (χ3v) is 4.19. The van der Waals surface area contributed by atoms with Crippen LogP contribution in [0.4, 0.5) is 5.69 Å². The van der Waals surface area contributed by atoms with Crippen molar-refractivity contribution in [1.29, 1.82) is 0 Å². The highest BCUT2D eigenvalue weighted by Crippen LogP contribution is 2.19. The second-order valence-corrected chi connectivity index (χ2v) is 6.19. The zero-order valence-corrected chi connectivity index (χ0v) is 12.7. The van der Waals surface area contributed by atoms with E-state index in [0.717, 1.165) is 19.4 Å². The van der Waals surface area contributed by atoms with Crippen LogP contribution in [0.3, 0.4) is 0 Å². The number of aryl methyl sites for hydroxylation is 1. The van der Waals surface area contributed by atoms with Gasteiger partial charge in [0.15, 0.2) is 0 Å². The molecule has 2 rings (SSSR count). The van der Waals surface area contributed by atoms with Crippen molar-refractivity contribution in [3.8, 4) is 0 Å². The summed E-state index contributed by atoms with van der Waals surface area (Å²) in [6.45, 7) is 2.48. The average molecular weight is 320 g/mol. The van der Waals surface area contributed by atoms with E-state index in [1.54, 1.807) is 19.1 Å². The molecule has 1 amide bonds. The van der Waals surface area contributed by atoms with Gasteiger partial charge < -0.3 is 10.6 Å². The molecule has 0 unspecified atom stereocenters. The van der Waals surface area contributed by atoms with Crippen LogP contribution in [0.5, 0.6) is 0 Å². The number of anilines is 1. The van der Waals surface area contributed by atoms with E-state index >= 15 is 0 Å². The number of rotatable bonds is 3. The third-order valence-electron chi connectivity index (χ3n) is 3.14. The Morgan fingerprint density at radius 2 is 2.15 bits per heavy atom. The summed E-state index contributed by atoms with van der Waals surface area (Å²) in [5.74, 6) is -0.151. The van der Waals surface area contributed by atoms with Gasteiger partial charge in [0.2, 0.25) is 15.9 Å². The molecule has 1 saturated heterocycles. The number of halogens is 1. The molecule has 0 spiro atoms. The first-order chi connectivity index (χ1) is 8.88. The van der Waals surface area contributed by atoms with Crippen LogP contribution in [0.15, 0.2) is 23.1 Å². The summed E-state index contributed by atoms with van der Waals surface area (Å²) in [4.78, 5) is 11.9. The van der Waals surface area contributed by atoms with Crippen molar-refractivity contribution in [2.75, 3.05) is 11.9 Å². The van der Waals surface area contributed by atoms with Gasteiger partial charge in [-0.15, -0.1) is 12.4 Å². The van der Waals surface area contributed by atoms with Gasteiger partial charge >= 0.3 is 0 Å². The van der Waals surface area contributed by atoms with E-state index in [0.29, 0.717) is 11.3 Å². The molecule has 6 nitrogen and oxygen atoms in total. The molecule has 1 fully saturated rings. The minimum atomic E-state index is -3.78. The number of nitrogens with one attached hydrogen (secondary N) is 2. The Morgan fingerprint density at radius 1 is 1.45 bits per heavy atom. The van der Waals surface area contributed by atoms with Crippen LogP contribution < -0.4 is 15.8 Å². The van der Waals surface area contributed by atoms with Gasteiger partial charge in [-0.3, -0.25) is 4.79 Å². The Morgan fingerprint density at radius 3 is 2.70 bits per heavy atom. The Labute approximate surface area is 124 Å². The molecular formula is C12H18ClN3O3S. The monoisotopic (exact) mass is 319 g/mol. The lowest BCUT2D eigenvalue weighted by Crippen LogP contribution is -2.35. The Kier molecular flexibility index (Phi) is 5.52. The number of sulfonamides is 1.